The van der Waals surface area contributed by atoms with Gasteiger partial charge in [-0.1, -0.05) is 18.2 Å². The third kappa shape index (κ3) is 4.51. The number of anilines is 1. The summed E-state index contributed by atoms with van der Waals surface area (Å²) in [6.07, 6.45) is 3.70. The summed E-state index contributed by atoms with van der Waals surface area (Å²) in [6, 6.07) is 12.1. The largest absolute Gasteiger partial charge is 0.374 e. The van der Waals surface area contributed by atoms with Gasteiger partial charge in [-0.2, -0.15) is 15.6 Å². The first-order valence-electron chi connectivity index (χ1n) is 10.9. The molecule has 166 valence electrons. The molecule has 32 heavy (non-hydrogen) atoms. The number of nitrogens with one attached hydrogen (secondary N) is 1. The number of aromatic nitrogens is 2. The number of nitriles is 2. The first-order valence-corrected chi connectivity index (χ1v) is 10.9. The van der Waals surface area contributed by atoms with Crippen LogP contribution in [0.15, 0.2) is 30.5 Å². The van der Waals surface area contributed by atoms with Crippen molar-refractivity contribution < 1.29 is 9.90 Å². The SMILES string of the molecule is N#CCC1(n2cc(C(N)O)c(NC(=O)C3CC3)n2)CCN(Cc2ccccc2C#N)CC1. The number of nitrogens with two attached hydrogens (primary N) is 1. The normalized spacial score (nSPS) is 19.0. The monoisotopic (exact) mass is 433 g/mol. The van der Waals surface area contributed by atoms with E-state index in [1.54, 1.807) is 10.9 Å². The van der Waals surface area contributed by atoms with Crippen molar-refractivity contribution in [3.63, 3.8) is 0 Å². The quantitative estimate of drug-likeness (QED) is 0.566. The molecular formula is C23H27N7O2. The van der Waals surface area contributed by atoms with Gasteiger partial charge in [-0.3, -0.25) is 14.4 Å². The fourth-order valence-electron chi connectivity index (χ4n) is 4.28. The van der Waals surface area contributed by atoms with Crippen LogP contribution in [0.4, 0.5) is 5.82 Å². The molecule has 2 heterocycles. The summed E-state index contributed by atoms with van der Waals surface area (Å²) in [5.41, 5.74) is 7.19. The van der Waals surface area contributed by atoms with Gasteiger partial charge in [0.1, 0.15) is 6.23 Å². The number of likely N-dealkylation sites (tertiary alicyclic amines) is 1. The van der Waals surface area contributed by atoms with Gasteiger partial charge in [0.15, 0.2) is 5.82 Å². The lowest BCUT2D eigenvalue weighted by Gasteiger charge is -2.41. The lowest BCUT2D eigenvalue weighted by Crippen LogP contribution is -2.46. The maximum Gasteiger partial charge on any atom is 0.228 e. The second-order valence-corrected chi connectivity index (χ2v) is 8.69. The number of carbonyl (C=O) groups is 1. The Bertz CT molecular complexity index is 1070. The van der Waals surface area contributed by atoms with Gasteiger partial charge in [0, 0.05) is 31.7 Å². The number of rotatable bonds is 7. The minimum atomic E-state index is -1.28. The molecule has 0 radical (unpaired) electrons. The van der Waals surface area contributed by atoms with Crippen molar-refractivity contribution in [2.75, 3.05) is 18.4 Å². The van der Waals surface area contributed by atoms with E-state index in [4.69, 9.17) is 5.73 Å². The number of hydrogen-bond donors (Lipinski definition) is 3. The van der Waals surface area contributed by atoms with E-state index in [2.05, 4.69) is 27.5 Å². The number of hydrogen-bond acceptors (Lipinski definition) is 7. The molecule has 2 aliphatic rings. The average Bonchev–Trinajstić information content (AvgIpc) is 3.56. The van der Waals surface area contributed by atoms with Crippen LogP contribution < -0.4 is 11.1 Å². The zero-order valence-corrected chi connectivity index (χ0v) is 17.9. The first kappa shape index (κ1) is 22.0. The zero-order chi connectivity index (χ0) is 22.7. The topological polar surface area (TPSA) is 144 Å². The molecule has 1 saturated carbocycles. The van der Waals surface area contributed by atoms with Crippen LogP contribution in [-0.2, 0) is 16.9 Å². The molecular weight excluding hydrogens is 406 g/mol. The molecule has 1 aromatic heterocycles. The van der Waals surface area contributed by atoms with Crippen molar-refractivity contribution in [1.29, 1.82) is 10.5 Å². The van der Waals surface area contributed by atoms with Crippen molar-refractivity contribution in [1.82, 2.24) is 14.7 Å². The average molecular weight is 434 g/mol. The zero-order valence-electron chi connectivity index (χ0n) is 17.9. The molecule has 0 spiro atoms. The lowest BCUT2D eigenvalue weighted by atomic mass is 9.84. The molecule has 1 saturated heterocycles. The van der Waals surface area contributed by atoms with Gasteiger partial charge in [0.05, 0.1) is 35.2 Å². The van der Waals surface area contributed by atoms with Gasteiger partial charge < -0.3 is 16.2 Å². The Hall–Kier alpha value is -3.24. The Morgan fingerprint density at radius 3 is 2.66 bits per heavy atom. The van der Waals surface area contributed by atoms with E-state index in [0.29, 0.717) is 30.5 Å². The van der Waals surface area contributed by atoms with Gasteiger partial charge in [0.2, 0.25) is 5.91 Å². The second-order valence-electron chi connectivity index (χ2n) is 8.69. The van der Waals surface area contributed by atoms with Gasteiger partial charge in [-0.25, -0.2) is 0 Å². The summed E-state index contributed by atoms with van der Waals surface area (Å²) in [7, 11) is 0. The first-order chi connectivity index (χ1) is 15.5. The van der Waals surface area contributed by atoms with Crippen LogP contribution in [0.2, 0.25) is 0 Å². The maximum absolute atomic E-state index is 12.2. The van der Waals surface area contributed by atoms with Gasteiger partial charge >= 0.3 is 0 Å². The molecule has 2 aromatic rings. The van der Waals surface area contributed by atoms with Crippen molar-refractivity contribution in [2.45, 2.75) is 50.4 Å². The van der Waals surface area contributed by atoms with Crippen LogP contribution >= 0.6 is 0 Å². The van der Waals surface area contributed by atoms with Crippen LogP contribution in [0.5, 0.6) is 0 Å². The third-order valence-corrected chi connectivity index (χ3v) is 6.46. The molecule has 4 N–H and O–H groups in total. The Morgan fingerprint density at radius 2 is 2.03 bits per heavy atom. The minimum absolute atomic E-state index is 0.00415. The smallest absolute Gasteiger partial charge is 0.228 e. The van der Waals surface area contributed by atoms with Crippen molar-refractivity contribution in [3.05, 3.63) is 47.2 Å². The van der Waals surface area contributed by atoms with E-state index in [-0.39, 0.29) is 24.1 Å². The Morgan fingerprint density at radius 1 is 1.31 bits per heavy atom. The summed E-state index contributed by atoms with van der Waals surface area (Å²) >= 11 is 0. The fraction of sp³-hybridized carbons (Fsp3) is 0.478. The number of piperidine rings is 1. The molecule has 9 nitrogen and oxygen atoms in total. The molecule has 1 aromatic carbocycles. The Kier molecular flexibility index (Phi) is 6.24. The van der Waals surface area contributed by atoms with E-state index < -0.39 is 11.8 Å². The number of amides is 1. The van der Waals surface area contributed by atoms with E-state index >= 15 is 0 Å². The predicted octanol–water partition coefficient (Wildman–Crippen LogP) is 1.96. The third-order valence-electron chi connectivity index (χ3n) is 6.46. The van der Waals surface area contributed by atoms with Crippen LogP contribution in [0.25, 0.3) is 0 Å². The predicted molar refractivity (Wildman–Crippen MR) is 117 cm³/mol. The fourth-order valence-corrected chi connectivity index (χ4v) is 4.28. The lowest BCUT2D eigenvalue weighted by molar-refractivity contribution is -0.117. The summed E-state index contributed by atoms with van der Waals surface area (Å²) < 4.78 is 1.71. The maximum atomic E-state index is 12.2. The molecule has 1 atom stereocenters. The van der Waals surface area contributed by atoms with Crippen molar-refractivity contribution in [2.24, 2.45) is 11.7 Å². The molecule has 2 fully saturated rings. The molecule has 0 bridgehead atoms. The summed E-state index contributed by atoms with van der Waals surface area (Å²) in [6.45, 7) is 2.12. The van der Waals surface area contributed by atoms with Gasteiger partial charge in [-0.05, 0) is 37.3 Å². The van der Waals surface area contributed by atoms with Crippen LogP contribution in [0, 0.1) is 28.6 Å². The number of aliphatic hydroxyl groups excluding tert-OH is 1. The molecule has 4 rings (SSSR count). The standard InChI is InChI=1S/C23H27N7O2/c24-10-7-23(8-11-29(12-9-23)14-18-4-2-1-3-17(18)13-25)30-15-19(20(26)31)21(28-30)27-22(32)16-5-6-16/h1-4,15-16,20,31H,5-9,11-12,14,26H2,(H,27,28,32). The highest BCUT2D eigenvalue weighted by atomic mass is 16.3. The Balaban J connectivity index is 1.53. The van der Waals surface area contributed by atoms with E-state index in [0.717, 1.165) is 31.5 Å². The van der Waals surface area contributed by atoms with Gasteiger partial charge in [0.25, 0.3) is 0 Å². The minimum Gasteiger partial charge on any atom is -0.374 e. The van der Waals surface area contributed by atoms with Crippen molar-refractivity contribution >= 4 is 11.7 Å². The number of nitrogens with zero attached hydrogens (tertiary/aromatic N) is 5. The van der Waals surface area contributed by atoms with Crippen molar-refractivity contribution in [3.8, 4) is 12.1 Å². The summed E-state index contributed by atoms with van der Waals surface area (Å²) in [5.74, 6) is 0.146. The van der Waals surface area contributed by atoms with Gasteiger partial charge in [-0.15, -0.1) is 0 Å². The highest BCUT2D eigenvalue weighted by Gasteiger charge is 2.39. The van der Waals surface area contributed by atoms with E-state index in [1.807, 2.05) is 24.3 Å². The van der Waals surface area contributed by atoms with Crippen LogP contribution in [0.1, 0.15) is 55.0 Å². The van der Waals surface area contributed by atoms with E-state index in [9.17, 15) is 20.4 Å². The molecule has 1 unspecified atom stereocenters. The number of carbonyl (C=O) groups excluding carboxylic acids is 1. The molecule has 1 amide bonds. The molecule has 1 aliphatic heterocycles. The number of benzene rings is 1. The van der Waals surface area contributed by atoms with E-state index in [1.165, 1.54) is 0 Å². The highest BCUT2D eigenvalue weighted by Crippen LogP contribution is 2.36. The summed E-state index contributed by atoms with van der Waals surface area (Å²) in [4.78, 5) is 14.5. The molecule has 9 heteroatoms. The molecule has 1 aliphatic carbocycles. The van der Waals surface area contributed by atoms with Crippen LogP contribution in [0.3, 0.4) is 0 Å². The highest BCUT2D eigenvalue weighted by molar-refractivity contribution is 5.93. The van der Waals surface area contributed by atoms with Crippen LogP contribution in [-0.4, -0.2) is 38.8 Å². The second kappa shape index (κ2) is 9.09. The summed E-state index contributed by atoms with van der Waals surface area (Å²) in [5, 5.41) is 36.3. The number of aliphatic hydroxyl groups is 1. The Labute approximate surface area is 187 Å².